The van der Waals surface area contributed by atoms with Gasteiger partial charge in [0.2, 0.25) is 5.91 Å². The van der Waals surface area contributed by atoms with E-state index in [1.54, 1.807) is 36.0 Å². The molecule has 0 aliphatic heterocycles. The number of hydrogen-bond donors (Lipinski definition) is 1. The van der Waals surface area contributed by atoms with Crippen LogP contribution < -0.4 is 5.32 Å². The van der Waals surface area contributed by atoms with Crippen LogP contribution in [0.1, 0.15) is 11.1 Å². The Balaban J connectivity index is 1.68. The number of amides is 1. The van der Waals surface area contributed by atoms with E-state index in [1.165, 1.54) is 11.6 Å². The molecule has 0 saturated carbocycles. The van der Waals surface area contributed by atoms with Crippen LogP contribution in [0, 0.1) is 0 Å². The molecule has 5 heteroatoms. The molecule has 1 amide bonds. The van der Waals surface area contributed by atoms with E-state index in [-0.39, 0.29) is 5.91 Å². The minimum Gasteiger partial charge on any atom is -0.352 e. The van der Waals surface area contributed by atoms with Gasteiger partial charge in [0.05, 0.1) is 0 Å². The SMILES string of the molecule is O=C(C=Cc1ccc(Cl)cc1Cl)NCCSCc1ccccc1. The minimum absolute atomic E-state index is 0.128. The highest BCUT2D eigenvalue weighted by Crippen LogP contribution is 2.21. The van der Waals surface area contributed by atoms with E-state index < -0.39 is 0 Å². The van der Waals surface area contributed by atoms with Gasteiger partial charge in [-0.1, -0.05) is 59.6 Å². The highest BCUT2D eigenvalue weighted by molar-refractivity contribution is 7.98. The molecule has 0 aliphatic rings. The molecule has 2 nitrogen and oxygen atoms in total. The van der Waals surface area contributed by atoms with Gasteiger partial charge in [-0.15, -0.1) is 0 Å². The number of carbonyl (C=O) groups is 1. The number of hydrogen-bond acceptors (Lipinski definition) is 2. The lowest BCUT2D eigenvalue weighted by atomic mass is 10.2. The lowest BCUT2D eigenvalue weighted by molar-refractivity contribution is -0.116. The predicted molar refractivity (Wildman–Crippen MR) is 101 cm³/mol. The molecule has 23 heavy (non-hydrogen) atoms. The number of carbonyl (C=O) groups excluding carboxylic acids is 1. The molecule has 0 heterocycles. The van der Waals surface area contributed by atoms with Crippen molar-refractivity contribution in [3.63, 3.8) is 0 Å². The van der Waals surface area contributed by atoms with E-state index >= 15 is 0 Å². The van der Waals surface area contributed by atoms with Crippen molar-refractivity contribution < 1.29 is 4.79 Å². The van der Waals surface area contributed by atoms with E-state index in [9.17, 15) is 4.79 Å². The van der Waals surface area contributed by atoms with Crippen LogP contribution in [-0.2, 0) is 10.5 Å². The molecule has 0 aromatic heterocycles. The largest absolute Gasteiger partial charge is 0.352 e. The normalized spacial score (nSPS) is 10.9. The van der Waals surface area contributed by atoms with Crippen molar-refractivity contribution in [3.8, 4) is 0 Å². The molecule has 0 radical (unpaired) electrons. The summed E-state index contributed by atoms with van der Waals surface area (Å²) in [6, 6.07) is 15.5. The summed E-state index contributed by atoms with van der Waals surface area (Å²) >= 11 is 13.7. The fourth-order valence-corrected chi connectivity index (χ4v) is 3.16. The molecule has 0 unspecified atom stereocenters. The summed E-state index contributed by atoms with van der Waals surface area (Å²) in [6.45, 7) is 0.634. The zero-order valence-electron chi connectivity index (χ0n) is 12.5. The zero-order chi connectivity index (χ0) is 16.5. The lowest BCUT2D eigenvalue weighted by Gasteiger charge is -2.03. The van der Waals surface area contributed by atoms with E-state index in [0.717, 1.165) is 17.1 Å². The summed E-state index contributed by atoms with van der Waals surface area (Å²) < 4.78 is 0. The second-order valence-electron chi connectivity index (χ2n) is 4.83. The van der Waals surface area contributed by atoms with Crippen LogP contribution in [0.4, 0.5) is 0 Å². The summed E-state index contributed by atoms with van der Waals surface area (Å²) in [7, 11) is 0. The first-order valence-corrected chi connectivity index (χ1v) is 9.09. The smallest absolute Gasteiger partial charge is 0.244 e. The Hall–Kier alpha value is -1.42. The first-order valence-electron chi connectivity index (χ1n) is 7.18. The van der Waals surface area contributed by atoms with Crippen LogP contribution in [0.5, 0.6) is 0 Å². The second-order valence-corrected chi connectivity index (χ2v) is 6.78. The monoisotopic (exact) mass is 365 g/mol. The predicted octanol–water partition coefficient (Wildman–Crippen LogP) is 5.06. The summed E-state index contributed by atoms with van der Waals surface area (Å²) in [5.41, 5.74) is 2.06. The van der Waals surface area contributed by atoms with Crippen LogP contribution in [0.2, 0.25) is 10.0 Å². The topological polar surface area (TPSA) is 29.1 Å². The van der Waals surface area contributed by atoms with Gasteiger partial charge in [-0.2, -0.15) is 11.8 Å². The first-order chi connectivity index (χ1) is 11.1. The van der Waals surface area contributed by atoms with E-state index in [4.69, 9.17) is 23.2 Å². The van der Waals surface area contributed by atoms with Crippen LogP contribution in [0.15, 0.2) is 54.6 Å². The Kier molecular flexibility index (Phi) is 7.53. The quantitative estimate of drug-likeness (QED) is 0.548. The number of nitrogens with one attached hydrogen (secondary N) is 1. The zero-order valence-corrected chi connectivity index (χ0v) is 14.8. The van der Waals surface area contributed by atoms with Gasteiger partial charge in [-0.3, -0.25) is 4.79 Å². The average Bonchev–Trinajstić information content (AvgIpc) is 2.54. The van der Waals surface area contributed by atoms with Gasteiger partial charge in [0, 0.05) is 34.2 Å². The number of benzene rings is 2. The van der Waals surface area contributed by atoms with Crippen molar-refractivity contribution in [3.05, 3.63) is 75.8 Å². The van der Waals surface area contributed by atoms with Crippen molar-refractivity contribution in [2.75, 3.05) is 12.3 Å². The van der Waals surface area contributed by atoms with E-state index in [2.05, 4.69) is 17.4 Å². The summed E-state index contributed by atoms with van der Waals surface area (Å²) in [6.07, 6.45) is 3.17. The Morgan fingerprint density at radius 2 is 1.91 bits per heavy atom. The molecule has 120 valence electrons. The molecule has 0 aliphatic carbocycles. The Morgan fingerprint density at radius 3 is 2.65 bits per heavy atom. The molecule has 2 aromatic carbocycles. The molecule has 0 spiro atoms. The molecule has 0 fully saturated rings. The Labute approximate surface area is 150 Å². The van der Waals surface area contributed by atoms with Gasteiger partial charge in [-0.05, 0) is 29.3 Å². The van der Waals surface area contributed by atoms with Gasteiger partial charge in [-0.25, -0.2) is 0 Å². The molecular formula is C18H17Cl2NOS. The van der Waals surface area contributed by atoms with Gasteiger partial charge in [0.25, 0.3) is 0 Å². The summed E-state index contributed by atoms with van der Waals surface area (Å²) in [4.78, 5) is 11.8. The van der Waals surface area contributed by atoms with Gasteiger partial charge in [0.15, 0.2) is 0 Å². The van der Waals surface area contributed by atoms with Crippen LogP contribution in [0.3, 0.4) is 0 Å². The Morgan fingerprint density at radius 1 is 1.13 bits per heavy atom. The van der Waals surface area contributed by atoms with Crippen LogP contribution in [0.25, 0.3) is 6.08 Å². The fraction of sp³-hybridized carbons (Fsp3) is 0.167. The van der Waals surface area contributed by atoms with E-state index in [1.807, 2.05) is 18.2 Å². The van der Waals surface area contributed by atoms with E-state index in [0.29, 0.717) is 16.6 Å². The maximum absolute atomic E-state index is 11.8. The fourth-order valence-electron chi connectivity index (χ4n) is 1.87. The third-order valence-electron chi connectivity index (χ3n) is 3.03. The van der Waals surface area contributed by atoms with Crippen molar-refractivity contribution in [1.29, 1.82) is 0 Å². The standard InChI is InChI=1S/C18H17Cl2NOS/c19-16-8-6-15(17(20)12-16)7-9-18(22)21-10-11-23-13-14-4-2-1-3-5-14/h1-9,12H,10-11,13H2,(H,21,22). The van der Waals surface area contributed by atoms with Crippen molar-refractivity contribution >= 4 is 46.9 Å². The molecule has 1 N–H and O–H groups in total. The van der Waals surface area contributed by atoms with Crippen molar-refractivity contribution in [2.45, 2.75) is 5.75 Å². The van der Waals surface area contributed by atoms with Crippen molar-refractivity contribution in [1.82, 2.24) is 5.32 Å². The molecule has 0 atom stereocenters. The third kappa shape index (κ3) is 6.69. The van der Waals surface area contributed by atoms with Crippen molar-refractivity contribution in [2.24, 2.45) is 0 Å². The molecule has 0 bridgehead atoms. The first kappa shape index (κ1) is 17.9. The average molecular weight is 366 g/mol. The molecule has 2 aromatic rings. The maximum Gasteiger partial charge on any atom is 0.244 e. The maximum atomic E-state index is 11.8. The Bertz CT molecular complexity index is 674. The lowest BCUT2D eigenvalue weighted by Crippen LogP contribution is -2.23. The van der Waals surface area contributed by atoms with Gasteiger partial charge >= 0.3 is 0 Å². The third-order valence-corrected chi connectivity index (χ3v) is 4.63. The van der Waals surface area contributed by atoms with Gasteiger partial charge < -0.3 is 5.32 Å². The number of thioether (sulfide) groups is 1. The van der Waals surface area contributed by atoms with Gasteiger partial charge in [0.1, 0.15) is 0 Å². The molecule has 0 saturated heterocycles. The highest BCUT2D eigenvalue weighted by Gasteiger charge is 2.00. The summed E-state index contributed by atoms with van der Waals surface area (Å²) in [5.74, 6) is 1.69. The molecular weight excluding hydrogens is 349 g/mol. The highest BCUT2D eigenvalue weighted by atomic mass is 35.5. The molecule has 2 rings (SSSR count). The minimum atomic E-state index is -0.128. The number of halogens is 2. The van der Waals surface area contributed by atoms with Crippen LogP contribution in [-0.4, -0.2) is 18.2 Å². The summed E-state index contributed by atoms with van der Waals surface area (Å²) in [5, 5.41) is 3.96. The second kappa shape index (κ2) is 9.66. The van der Waals surface area contributed by atoms with Crippen LogP contribution >= 0.6 is 35.0 Å². The number of rotatable bonds is 7.